The number of benzene rings is 1. The van der Waals surface area contributed by atoms with Gasteiger partial charge in [0.25, 0.3) is 0 Å². The van der Waals surface area contributed by atoms with Gasteiger partial charge in [-0.2, -0.15) is 0 Å². The highest BCUT2D eigenvalue weighted by molar-refractivity contribution is 5.76. The standard InChI is InChI=1S/C10H10N2/c1-2-12-8-7-9-5-3-4-6-10(9)11-12/h3-8H,1-2H2/q+1. The molecule has 2 rings (SSSR count). The van der Waals surface area contributed by atoms with E-state index in [1.54, 1.807) is 0 Å². The second-order valence-corrected chi connectivity index (χ2v) is 2.64. The first-order chi connectivity index (χ1) is 5.90. The van der Waals surface area contributed by atoms with Crippen molar-refractivity contribution in [3.63, 3.8) is 0 Å². The number of hydrogen-bond donors (Lipinski definition) is 0. The molecule has 12 heavy (non-hydrogen) atoms. The molecule has 0 saturated carbocycles. The lowest BCUT2D eigenvalue weighted by atomic mass is 10.2. The molecule has 1 radical (unpaired) electrons. The largest absolute Gasteiger partial charge is 0.196 e. The van der Waals surface area contributed by atoms with E-state index in [0.717, 1.165) is 5.52 Å². The van der Waals surface area contributed by atoms with Crippen LogP contribution in [0.25, 0.3) is 10.9 Å². The van der Waals surface area contributed by atoms with Crippen molar-refractivity contribution >= 4 is 10.9 Å². The molecule has 1 aromatic carbocycles. The number of rotatable bonds is 1. The van der Waals surface area contributed by atoms with Gasteiger partial charge >= 0.3 is 0 Å². The van der Waals surface area contributed by atoms with Crippen LogP contribution < -0.4 is 4.68 Å². The van der Waals surface area contributed by atoms with Gasteiger partial charge in [0.2, 0.25) is 0 Å². The van der Waals surface area contributed by atoms with Crippen LogP contribution in [0.2, 0.25) is 0 Å². The zero-order valence-corrected chi connectivity index (χ0v) is 6.77. The summed E-state index contributed by atoms with van der Waals surface area (Å²) in [4.78, 5) is 0. The Morgan fingerprint density at radius 1 is 1.25 bits per heavy atom. The van der Waals surface area contributed by atoms with Crippen molar-refractivity contribution in [2.24, 2.45) is 0 Å². The molecule has 2 nitrogen and oxygen atoms in total. The Morgan fingerprint density at radius 3 is 2.92 bits per heavy atom. The van der Waals surface area contributed by atoms with E-state index in [1.807, 2.05) is 35.1 Å². The molecule has 0 fully saturated rings. The fourth-order valence-corrected chi connectivity index (χ4v) is 1.18. The molecule has 0 unspecified atom stereocenters. The quantitative estimate of drug-likeness (QED) is 0.572. The summed E-state index contributed by atoms with van der Waals surface area (Å²) < 4.78 is 1.82. The molecule has 0 aliphatic heterocycles. The minimum Gasteiger partial charge on any atom is -0.0907 e. The molecule has 0 bridgehead atoms. The maximum atomic E-state index is 4.35. The summed E-state index contributed by atoms with van der Waals surface area (Å²) in [6, 6.07) is 10.1. The van der Waals surface area contributed by atoms with Crippen molar-refractivity contribution < 1.29 is 4.68 Å². The van der Waals surface area contributed by atoms with E-state index >= 15 is 0 Å². The normalized spacial score (nSPS) is 10.4. The lowest BCUT2D eigenvalue weighted by molar-refractivity contribution is -0.743. The predicted octanol–water partition coefficient (Wildman–Crippen LogP) is 1.36. The number of hydrogen-bond acceptors (Lipinski definition) is 1. The highest BCUT2D eigenvalue weighted by Gasteiger charge is 1.99. The van der Waals surface area contributed by atoms with Gasteiger partial charge in [-0.25, -0.2) is 0 Å². The van der Waals surface area contributed by atoms with Crippen LogP contribution in [0.15, 0.2) is 36.5 Å². The van der Waals surface area contributed by atoms with Gasteiger partial charge in [-0.3, -0.25) is 0 Å². The van der Waals surface area contributed by atoms with Crippen LogP contribution in [0, 0.1) is 6.92 Å². The summed E-state index contributed by atoms with van der Waals surface area (Å²) in [7, 11) is 0. The Morgan fingerprint density at radius 2 is 2.08 bits per heavy atom. The first-order valence-electron chi connectivity index (χ1n) is 3.95. The summed E-state index contributed by atoms with van der Waals surface area (Å²) >= 11 is 0. The Labute approximate surface area is 71.5 Å². The summed E-state index contributed by atoms with van der Waals surface area (Å²) in [5, 5.41) is 5.52. The molecule has 2 heteroatoms. The maximum Gasteiger partial charge on any atom is 0.196 e. The smallest absolute Gasteiger partial charge is 0.0907 e. The van der Waals surface area contributed by atoms with E-state index in [-0.39, 0.29) is 0 Å². The van der Waals surface area contributed by atoms with Gasteiger partial charge in [0.15, 0.2) is 12.7 Å². The van der Waals surface area contributed by atoms with Crippen LogP contribution in [0.4, 0.5) is 0 Å². The summed E-state index contributed by atoms with van der Waals surface area (Å²) in [5.41, 5.74) is 1.02. The minimum absolute atomic E-state index is 0.671. The van der Waals surface area contributed by atoms with Crippen LogP contribution >= 0.6 is 0 Å². The van der Waals surface area contributed by atoms with Crippen LogP contribution in [-0.2, 0) is 6.54 Å². The zero-order chi connectivity index (χ0) is 8.39. The van der Waals surface area contributed by atoms with Crippen molar-refractivity contribution in [1.29, 1.82) is 0 Å². The second-order valence-electron chi connectivity index (χ2n) is 2.64. The number of fused-ring (bicyclic) bond motifs is 1. The fourth-order valence-electron chi connectivity index (χ4n) is 1.18. The molecule has 1 heterocycles. The first-order valence-corrected chi connectivity index (χ1v) is 3.95. The topological polar surface area (TPSA) is 16.8 Å². The molecule has 0 saturated heterocycles. The molecule has 1 aromatic heterocycles. The highest BCUT2D eigenvalue weighted by Crippen LogP contribution is 2.06. The average Bonchev–Trinajstić information content (AvgIpc) is 2.17. The highest BCUT2D eigenvalue weighted by atomic mass is 15.2. The number of aromatic nitrogens is 2. The van der Waals surface area contributed by atoms with Crippen molar-refractivity contribution in [3.05, 3.63) is 43.5 Å². The lowest BCUT2D eigenvalue weighted by Gasteiger charge is -1.92. The fraction of sp³-hybridized carbons (Fsp3) is 0.100. The zero-order valence-electron chi connectivity index (χ0n) is 6.77. The van der Waals surface area contributed by atoms with E-state index in [9.17, 15) is 0 Å². The Balaban J connectivity index is 2.67. The van der Waals surface area contributed by atoms with Crippen LogP contribution in [0.5, 0.6) is 0 Å². The Hall–Kier alpha value is -1.44. The van der Waals surface area contributed by atoms with E-state index in [1.165, 1.54) is 5.39 Å². The third-order valence-electron chi connectivity index (χ3n) is 1.83. The molecule has 0 atom stereocenters. The second kappa shape index (κ2) is 2.89. The summed E-state index contributed by atoms with van der Waals surface area (Å²) in [6.07, 6.45) is 1.94. The van der Waals surface area contributed by atoms with Crippen LogP contribution in [-0.4, -0.2) is 5.10 Å². The van der Waals surface area contributed by atoms with Crippen molar-refractivity contribution in [1.82, 2.24) is 5.10 Å². The average molecular weight is 158 g/mol. The van der Waals surface area contributed by atoms with Gasteiger partial charge in [0.1, 0.15) is 5.52 Å². The van der Waals surface area contributed by atoms with Gasteiger partial charge in [-0.15, -0.1) is 0 Å². The van der Waals surface area contributed by atoms with Gasteiger partial charge in [0, 0.05) is 23.5 Å². The third kappa shape index (κ3) is 1.16. The molecule has 0 spiro atoms. The summed E-state index contributed by atoms with van der Waals surface area (Å²) in [5.74, 6) is 0. The lowest BCUT2D eigenvalue weighted by Crippen LogP contribution is -2.35. The molecular weight excluding hydrogens is 148 g/mol. The molecule has 59 valence electrons. The first kappa shape index (κ1) is 7.22. The molecule has 2 aromatic rings. The van der Waals surface area contributed by atoms with E-state index in [4.69, 9.17) is 0 Å². The van der Waals surface area contributed by atoms with Gasteiger partial charge in [-0.05, 0) is 6.07 Å². The van der Waals surface area contributed by atoms with Crippen LogP contribution in [0.3, 0.4) is 0 Å². The Bertz CT molecular complexity index is 396. The molecule has 0 aliphatic carbocycles. The van der Waals surface area contributed by atoms with Gasteiger partial charge < -0.3 is 0 Å². The third-order valence-corrected chi connectivity index (χ3v) is 1.83. The minimum atomic E-state index is 0.671. The van der Waals surface area contributed by atoms with E-state index < -0.39 is 0 Å². The van der Waals surface area contributed by atoms with Gasteiger partial charge in [0.05, 0.1) is 0 Å². The van der Waals surface area contributed by atoms with E-state index in [2.05, 4.69) is 18.1 Å². The summed E-state index contributed by atoms with van der Waals surface area (Å²) in [6.45, 7) is 4.43. The Kier molecular flexibility index (Phi) is 1.74. The maximum absolute atomic E-state index is 4.35. The SMILES string of the molecule is [CH2]C[n+]1ccc2ccccc2n1. The van der Waals surface area contributed by atoms with Crippen molar-refractivity contribution in [2.75, 3.05) is 0 Å². The molecule has 0 N–H and O–H groups in total. The van der Waals surface area contributed by atoms with Crippen molar-refractivity contribution in [2.45, 2.75) is 6.54 Å². The van der Waals surface area contributed by atoms with E-state index in [0.29, 0.717) is 6.54 Å². The molecular formula is C10H10N2+. The molecule has 0 aliphatic rings. The monoisotopic (exact) mass is 158 g/mol. The predicted molar refractivity (Wildman–Crippen MR) is 47.3 cm³/mol. The van der Waals surface area contributed by atoms with Gasteiger partial charge in [-0.1, -0.05) is 22.9 Å². The molecule has 0 amide bonds. The van der Waals surface area contributed by atoms with Crippen LogP contribution in [0.1, 0.15) is 0 Å². The number of nitrogens with zero attached hydrogens (tertiary/aromatic N) is 2. The van der Waals surface area contributed by atoms with Crippen molar-refractivity contribution in [3.8, 4) is 0 Å².